The summed E-state index contributed by atoms with van der Waals surface area (Å²) in [6.45, 7) is 40.1. The van der Waals surface area contributed by atoms with Gasteiger partial charge in [-0.05, 0) is 173 Å². The van der Waals surface area contributed by atoms with E-state index >= 15 is 0 Å². The first-order valence-electron chi connectivity index (χ1n) is 24.8. The van der Waals surface area contributed by atoms with Crippen LogP contribution in [0.15, 0.2) is 6.33 Å². The lowest BCUT2D eigenvalue weighted by Gasteiger charge is -2.55. The molecule has 3 fully saturated rings. The first-order valence-corrected chi connectivity index (χ1v) is 24.8. The number of unbranched alkanes of at least 4 members (excludes halogenated alkanes) is 2. The molecule has 1 aromatic heterocycles. The summed E-state index contributed by atoms with van der Waals surface area (Å²) in [4.78, 5) is 34.0. The summed E-state index contributed by atoms with van der Waals surface area (Å²) in [6, 6.07) is 1.05. The Hall–Kier alpha value is -1.51. The van der Waals surface area contributed by atoms with Crippen LogP contribution in [0.4, 0.5) is 5.95 Å². The standard InChI is InChI=1S/C49H95N9O3/c1-17-24-40(37-30-44(5,6)56(59-27-18-2)45(7,8)31-37)54-43-52-36-51-42(55-43)41(53-39-34-48(13,14)58(61-29-20-4)49(15,16)35-39)25-22-21-23-26-50-38-32-46(9,10)57(60-28-19-3)47(11,12)33-38/h36-41,50,53H,17-35H2,1-16H3,(H,51,52,54,55). The molecular weight excluding hydrogens is 763 g/mol. The summed E-state index contributed by atoms with van der Waals surface area (Å²) in [5.41, 5.74) is -0.447. The lowest BCUT2D eigenvalue weighted by molar-refractivity contribution is -0.288. The van der Waals surface area contributed by atoms with Gasteiger partial charge >= 0.3 is 0 Å². The highest BCUT2D eigenvalue weighted by Crippen LogP contribution is 2.45. The molecule has 0 amide bonds. The van der Waals surface area contributed by atoms with Gasteiger partial charge in [0.15, 0.2) is 5.82 Å². The van der Waals surface area contributed by atoms with Gasteiger partial charge in [-0.1, -0.05) is 47.0 Å². The quantitative estimate of drug-likeness (QED) is 0.0861. The van der Waals surface area contributed by atoms with E-state index in [0.29, 0.717) is 23.9 Å². The maximum Gasteiger partial charge on any atom is 0.226 e. The Balaban J connectivity index is 1.48. The van der Waals surface area contributed by atoms with Crippen molar-refractivity contribution >= 4 is 5.95 Å². The molecule has 354 valence electrons. The first-order chi connectivity index (χ1) is 28.5. The average Bonchev–Trinajstić information content (AvgIpc) is 3.13. The van der Waals surface area contributed by atoms with Crippen molar-refractivity contribution in [2.45, 2.75) is 264 Å². The van der Waals surface area contributed by atoms with E-state index in [4.69, 9.17) is 29.5 Å². The van der Waals surface area contributed by atoms with Crippen LogP contribution in [0.5, 0.6) is 0 Å². The van der Waals surface area contributed by atoms with Crippen molar-refractivity contribution < 1.29 is 14.5 Å². The van der Waals surface area contributed by atoms with E-state index in [1.165, 1.54) is 0 Å². The Morgan fingerprint density at radius 1 is 0.574 bits per heavy atom. The van der Waals surface area contributed by atoms with Crippen molar-refractivity contribution in [3.63, 3.8) is 0 Å². The highest BCUT2D eigenvalue weighted by Gasteiger charge is 2.50. The van der Waals surface area contributed by atoms with Gasteiger partial charge in [0.1, 0.15) is 6.33 Å². The van der Waals surface area contributed by atoms with Gasteiger partial charge in [-0.3, -0.25) is 14.5 Å². The van der Waals surface area contributed by atoms with E-state index in [9.17, 15) is 0 Å². The third-order valence-electron chi connectivity index (χ3n) is 13.5. The van der Waals surface area contributed by atoms with Crippen molar-refractivity contribution in [3.05, 3.63) is 12.2 Å². The zero-order valence-corrected chi connectivity index (χ0v) is 42.3. The van der Waals surface area contributed by atoms with Gasteiger partial charge in [-0.2, -0.15) is 20.2 Å². The Labute approximate surface area is 374 Å². The highest BCUT2D eigenvalue weighted by atomic mass is 16.7. The molecule has 0 aromatic carbocycles. The molecule has 3 saturated heterocycles. The van der Waals surface area contributed by atoms with Crippen LogP contribution in [-0.2, 0) is 14.5 Å². The molecule has 3 aliphatic rings. The second-order valence-electron chi connectivity index (χ2n) is 22.9. The minimum atomic E-state index is -0.121. The van der Waals surface area contributed by atoms with Crippen LogP contribution in [0.1, 0.15) is 219 Å². The van der Waals surface area contributed by atoms with Crippen molar-refractivity contribution in [2.24, 2.45) is 5.92 Å². The SMILES string of the molecule is CCCON1C(C)(C)CC(NCCCCCC(NC2CC(C)(C)N(OCCC)C(C)(C)C2)c2ncnc(NC(CCC)C3CC(C)(C)N(OCCC)C(C)(C)C3)n2)CC1(C)C. The molecule has 61 heavy (non-hydrogen) atoms. The molecule has 0 aliphatic carbocycles. The van der Waals surface area contributed by atoms with Crippen molar-refractivity contribution in [2.75, 3.05) is 31.7 Å². The predicted molar refractivity (Wildman–Crippen MR) is 252 cm³/mol. The van der Waals surface area contributed by atoms with Crippen LogP contribution in [0.25, 0.3) is 0 Å². The first kappa shape index (κ1) is 52.1. The summed E-state index contributed by atoms with van der Waals surface area (Å²) < 4.78 is 0. The van der Waals surface area contributed by atoms with Gasteiger partial charge in [-0.15, -0.1) is 0 Å². The molecule has 0 radical (unpaired) electrons. The molecular formula is C49H95N9O3. The molecule has 3 aliphatic heterocycles. The second kappa shape index (κ2) is 22.1. The molecule has 1 aromatic rings. The number of rotatable bonds is 24. The Morgan fingerprint density at radius 3 is 1.49 bits per heavy atom. The molecule has 2 atom stereocenters. The largest absolute Gasteiger partial charge is 0.351 e. The lowest BCUT2D eigenvalue weighted by atomic mass is 9.71. The number of anilines is 1. The Morgan fingerprint density at radius 2 is 1.03 bits per heavy atom. The molecule has 3 N–H and O–H groups in total. The fourth-order valence-corrected chi connectivity index (χ4v) is 12.0. The maximum absolute atomic E-state index is 6.40. The molecule has 0 saturated carbocycles. The third kappa shape index (κ3) is 14.2. The summed E-state index contributed by atoms with van der Waals surface area (Å²) >= 11 is 0. The summed E-state index contributed by atoms with van der Waals surface area (Å²) in [5, 5.41) is 18.8. The second-order valence-corrected chi connectivity index (χ2v) is 22.9. The van der Waals surface area contributed by atoms with Crippen molar-refractivity contribution in [1.29, 1.82) is 0 Å². The van der Waals surface area contributed by atoms with E-state index in [1.54, 1.807) is 6.33 Å². The Kier molecular flexibility index (Phi) is 18.9. The summed E-state index contributed by atoms with van der Waals surface area (Å²) in [7, 11) is 0. The Bertz CT molecular complexity index is 1400. The van der Waals surface area contributed by atoms with Gasteiger partial charge in [0.25, 0.3) is 0 Å². The number of hydrogen-bond acceptors (Lipinski definition) is 12. The molecule has 12 heteroatoms. The van der Waals surface area contributed by atoms with Crippen molar-refractivity contribution in [3.8, 4) is 0 Å². The molecule has 0 spiro atoms. The van der Waals surface area contributed by atoms with Gasteiger partial charge in [0.05, 0.1) is 25.9 Å². The summed E-state index contributed by atoms with van der Waals surface area (Å²) in [6.07, 6.45) is 17.5. The monoisotopic (exact) mass is 858 g/mol. The summed E-state index contributed by atoms with van der Waals surface area (Å²) in [5.74, 6) is 1.99. The predicted octanol–water partition coefficient (Wildman–Crippen LogP) is 10.6. The number of aromatic nitrogens is 3. The molecule has 2 unspecified atom stereocenters. The van der Waals surface area contributed by atoms with E-state index in [1.807, 2.05) is 0 Å². The van der Waals surface area contributed by atoms with Gasteiger partial charge < -0.3 is 16.0 Å². The van der Waals surface area contributed by atoms with E-state index in [0.717, 1.165) is 129 Å². The van der Waals surface area contributed by atoms with Crippen molar-refractivity contribution in [1.82, 2.24) is 40.8 Å². The average molecular weight is 858 g/mol. The number of hydrogen-bond donors (Lipinski definition) is 3. The number of nitrogens with one attached hydrogen (secondary N) is 3. The van der Waals surface area contributed by atoms with Crippen LogP contribution in [-0.4, -0.2) is 108 Å². The van der Waals surface area contributed by atoms with Gasteiger partial charge in [0, 0.05) is 51.4 Å². The van der Waals surface area contributed by atoms with Crippen LogP contribution in [0.2, 0.25) is 0 Å². The van der Waals surface area contributed by atoms with Crippen LogP contribution in [0, 0.1) is 5.92 Å². The molecule has 4 heterocycles. The number of nitrogens with zero attached hydrogens (tertiary/aromatic N) is 6. The van der Waals surface area contributed by atoms with Crippen LogP contribution >= 0.6 is 0 Å². The lowest BCUT2D eigenvalue weighted by Crippen LogP contribution is -2.63. The van der Waals surface area contributed by atoms with E-state index in [2.05, 4.69) is 142 Å². The van der Waals surface area contributed by atoms with Crippen LogP contribution < -0.4 is 16.0 Å². The maximum atomic E-state index is 6.40. The molecule has 12 nitrogen and oxygen atoms in total. The van der Waals surface area contributed by atoms with E-state index < -0.39 is 0 Å². The van der Waals surface area contributed by atoms with E-state index in [-0.39, 0.29) is 45.3 Å². The third-order valence-corrected chi connectivity index (χ3v) is 13.5. The highest BCUT2D eigenvalue weighted by molar-refractivity contribution is 5.26. The zero-order chi connectivity index (χ0) is 45.3. The van der Waals surface area contributed by atoms with Crippen LogP contribution in [0.3, 0.4) is 0 Å². The molecule has 4 rings (SSSR count). The number of piperidine rings is 3. The fourth-order valence-electron chi connectivity index (χ4n) is 12.0. The number of hydroxylamine groups is 6. The smallest absolute Gasteiger partial charge is 0.226 e. The minimum absolute atomic E-state index is 0.0162. The topological polar surface area (TPSA) is 112 Å². The minimum Gasteiger partial charge on any atom is -0.351 e. The zero-order valence-electron chi connectivity index (χ0n) is 42.3. The van der Waals surface area contributed by atoms with Gasteiger partial charge in [-0.25, -0.2) is 9.97 Å². The normalized spacial score (nSPS) is 24.5. The molecule has 0 bridgehead atoms. The van der Waals surface area contributed by atoms with Gasteiger partial charge in [0.2, 0.25) is 5.95 Å². The fraction of sp³-hybridized carbons (Fsp3) is 0.939.